The largest absolute Gasteiger partial charge is 0.357 e. The van der Waals surface area contributed by atoms with Crippen LogP contribution in [-0.4, -0.2) is 16.6 Å². The lowest BCUT2D eigenvalue weighted by atomic mass is 9.78. The van der Waals surface area contributed by atoms with Gasteiger partial charge in [0.2, 0.25) is 5.91 Å². The van der Waals surface area contributed by atoms with Crippen LogP contribution in [0.25, 0.3) is 0 Å². The first-order valence-corrected chi connectivity index (χ1v) is 13.6. The maximum absolute atomic E-state index is 14.0. The van der Waals surface area contributed by atoms with Gasteiger partial charge in [-0.05, 0) is 48.9 Å². The van der Waals surface area contributed by atoms with Gasteiger partial charge in [-0.2, -0.15) is 0 Å². The third-order valence-electron chi connectivity index (χ3n) is 7.70. The molecule has 1 aliphatic heterocycles. The Bertz CT molecular complexity index is 1440. The number of carbonyl (C=O) groups is 2. The van der Waals surface area contributed by atoms with Gasteiger partial charge in [0, 0.05) is 36.2 Å². The second-order valence-corrected chi connectivity index (χ2v) is 10.4. The van der Waals surface area contributed by atoms with Gasteiger partial charge in [-0.1, -0.05) is 73.9 Å². The zero-order valence-electron chi connectivity index (χ0n) is 22.4. The van der Waals surface area contributed by atoms with Gasteiger partial charge in [0.05, 0.1) is 22.3 Å². The molecule has 1 heterocycles. The van der Waals surface area contributed by atoms with E-state index < -0.39 is 11.0 Å². The first-order chi connectivity index (χ1) is 18.9. The first-order valence-electron chi connectivity index (χ1n) is 13.6. The number of ketones is 1. The van der Waals surface area contributed by atoms with E-state index in [0.717, 1.165) is 41.8 Å². The van der Waals surface area contributed by atoms with Crippen molar-refractivity contribution in [1.82, 2.24) is 0 Å². The summed E-state index contributed by atoms with van der Waals surface area (Å²) in [4.78, 5) is 40.9. The van der Waals surface area contributed by atoms with Crippen molar-refractivity contribution in [2.75, 3.05) is 10.2 Å². The Morgan fingerprint density at radius 3 is 2.51 bits per heavy atom. The SMILES string of the molecule is CCCCCC(=O)N1c2ccccc2NC2=C(C(=O)C[C@@H](c3ccc(C)cc3)C2)[C@H]1c1cccc([N+](=O)[O-])c1. The van der Waals surface area contributed by atoms with Crippen LogP contribution in [0.3, 0.4) is 0 Å². The molecule has 0 spiro atoms. The van der Waals surface area contributed by atoms with Gasteiger partial charge in [-0.15, -0.1) is 0 Å². The Morgan fingerprint density at radius 2 is 1.77 bits per heavy atom. The Hall–Kier alpha value is -4.26. The Kier molecular flexibility index (Phi) is 7.59. The quantitative estimate of drug-likeness (QED) is 0.198. The van der Waals surface area contributed by atoms with Crippen LogP contribution in [0.1, 0.15) is 74.1 Å². The lowest BCUT2D eigenvalue weighted by molar-refractivity contribution is -0.384. The molecule has 0 saturated carbocycles. The van der Waals surface area contributed by atoms with Crippen molar-refractivity contribution in [3.05, 3.63) is 111 Å². The van der Waals surface area contributed by atoms with Crippen LogP contribution in [0.15, 0.2) is 84.1 Å². The molecule has 1 N–H and O–H groups in total. The molecular weight excluding hydrogens is 490 g/mol. The molecular formula is C32H33N3O4. The van der Waals surface area contributed by atoms with Crippen molar-refractivity contribution >= 4 is 28.8 Å². The summed E-state index contributed by atoms with van der Waals surface area (Å²) in [5.41, 5.74) is 5.44. The minimum absolute atomic E-state index is 0.00548. The Labute approximate surface area is 228 Å². The van der Waals surface area contributed by atoms with E-state index in [9.17, 15) is 19.7 Å². The second kappa shape index (κ2) is 11.2. The average Bonchev–Trinajstić information content (AvgIpc) is 3.08. The molecule has 2 aliphatic rings. The standard InChI is InChI=1S/C32H33N3O4/c1-3-4-5-13-30(37)34-28-12-7-6-11-26(28)33-27-19-24(22-16-14-21(2)15-17-22)20-29(36)31(27)32(34)23-9-8-10-25(18-23)35(38)39/h6-12,14-18,24,32-33H,3-5,13,19-20H2,1-2H3/t24-,32+/m0/s1. The van der Waals surface area contributed by atoms with Gasteiger partial charge in [0.1, 0.15) is 0 Å². The van der Waals surface area contributed by atoms with E-state index in [1.807, 2.05) is 31.2 Å². The number of Topliss-reactive ketones (excluding diaryl/α,β-unsaturated/α-hetero) is 1. The van der Waals surface area contributed by atoms with Crippen LogP contribution in [-0.2, 0) is 9.59 Å². The summed E-state index contributed by atoms with van der Waals surface area (Å²) in [6.07, 6.45) is 3.87. The number of benzene rings is 3. The molecule has 200 valence electrons. The van der Waals surface area contributed by atoms with E-state index in [1.165, 1.54) is 12.1 Å². The summed E-state index contributed by atoms with van der Waals surface area (Å²) in [5.74, 6) is -0.157. The predicted octanol–water partition coefficient (Wildman–Crippen LogP) is 7.38. The third kappa shape index (κ3) is 5.35. The fourth-order valence-corrected chi connectivity index (χ4v) is 5.71. The topological polar surface area (TPSA) is 92.6 Å². The molecule has 7 heteroatoms. The highest BCUT2D eigenvalue weighted by Crippen LogP contribution is 2.48. The molecule has 39 heavy (non-hydrogen) atoms. The minimum Gasteiger partial charge on any atom is -0.357 e. The summed E-state index contributed by atoms with van der Waals surface area (Å²) in [6, 6.07) is 21.4. The second-order valence-electron chi connectivity index (χ2n) is 10.4. The number of para-hydroxylation sites is 2. The van der Waals surface area contributed by atoms with Crippen LogP contribution in [0, 0.1) is 17.0 Å². The van der Waals surface area contributed by atoms with Crippen LogP contribution in [0.5, 0.6) is 0 Å². The number of fused-ring (bicyclic) bond motifs is 1. The number of nitro groups is 1. The van der Waals surface area contributed by atoms with Gasteiger partial charge >= 0.3 is 0 Å². The van der Waals surface area contributed by atoms with Crippen molar-refractivity contribution in [2.24, 2.45) is 0 Å². The number of unbranched alkanes of at least 4 members (excludes halogenated alkanes) is 2. The summed E-state index contributed by atoms with van der Waals surface area (Å²) < 4.78 is 0. The molecule has 5 rings (SSSR count). The third-order valence-corrected chi connectivity index (χ3v) is 7.70. The molecule has 0 bridgehead atoms. The molecule has 3 aromatic carbocycles. The number of carbonyl (C=O) groups excluding carboxylic acids is 2. The molecule has 1 aliphatic carbocycles. The van der Waals surface area contributed by atoms with Crippen molar-refractivity contribution in [2.45, 2.75) is 64.3 Å². The number of aryl methyl sites for hydroxylation is 1. The number of amides is 1. The molecule has 7 nitrogen and oxygen atoms in total. The van der Waals surface area contributed by atoms with E-state index in [2.05, 4.69) is 36.5 Å². The van der Waals surface area contributed by atoms with Crippen LogP contribution >= 0.6 is 0 Å². The lowest BCUT2D eigenvalue weighted by Crippen LogP contribution is -2.38. The Balaban J connectivity index is 1.68. The van der Waals surface area contributed by atoms with Crippen molar-refractivity contribution < 1.29 is 14.5 Å². The lowest BCUT2D eigenvalue weighted by Gasteiger charge is -2.35. The van der Waals surface area contributed by atoms with E-state index in [4.69, 9.17) is 0 Å². The van der Waals surface area contributed by atoms with Crippen LogP contribution < -0.4 is 10.2 Å². The monoisotopic (exact) mass is 523 g/mol. The first kappa shape index (κ1) is 26.4. The molecule has 0 aromatic heterocycles. The van der Waals surface area contributed by atoms with Crippen LogP contribution in [0.4, 0.5) is 17.1 Å². The number of nitrogens with zero attached hydrogens (tertiary/aromatic N) is 2. The highest BCUT2D eigenvalue weighted by molar-refractivity contribution is 6.06. The number of anilines is 2. The summed E-state index contributed by atoms with van der Waals surface area (Å²) in [5, 5.41) is 15.2. The maximum atomic E-state index is 14.0. The van der Waals surface area contributed by atoms with Gasteiger partial charge < -0.3 is 5.32 Å². The maximum Gasteiger partial charge on any atom is 0.269 e. The van der Waals surface area contributed by atoms with E-state index in [1.54, 1.807) is 17.0 Å². The zero-order valence-corrected chi connectivity index (χ0v) is 22.4. The molecule has 2 atom stereocenters. The number of hydrogen-bond donors (Lipinski definition) is 1. The highest BCUT2D eigenvalue weighted by Gasteiger charge is 2.41. The van der Waals surface area contributed by atoms with Crippen molar-refractivity contribution in [3.8, 4) is 0 Å². The summed E-state index contributed by atoms with van der Waals surface area (Å²) in [7, 11) is 0. The summed E-state index contributed by atoms with van der Waals surface area (Å²) >= 11 is 0. The van der Waals surface area contributed by atoms with Gasteiger partial charge in [-0.25, -0.2) is 0 Å². The number of nitrogens with one attached hydrogen (secondary N) is 1. The van der Waals surface area contributed by atoms with Gasteiger partial charge in [0.25, 0.3) is 5.69 Å². The number of hydrogen-bond acceptors (Lipinski definition) is 5. The van der Waals surface area contributed by atoms with Crippen molar-refractivity contribution in [1.29, 1.82) is 0 Å². The molecule has 0 radical (unpaired) electrons. The average molecular weight is 524 g/mol. The van der Waals surface area contributed by atoms with Gasteiger partial charge in [-0.3, -0.25) is 24.6 Å². The number of rotatable bonds is 7. The molecule has 0 fully saturated rings. The minimum atomic E-state index is -0.767. The fourth-order valence-electron chi connectivity index (χ4n) is 5.71. The molecule has 0 saturated heterocycles. The van der Waals surface area contributed by atoms with Crippen LogP contribution in [0.2, 0.25) is 0 Å². The number of allylic oxidation sites excluding steroid dienone is 1. The number of nitro benzene ring substituents is 1. The highest BCUT2D eigenvalue weighted by atomic mass is 16.6. The fraction of sp³-hybridized carbons (Fsp3) is 0.312. The predicted molar refractivity (Wildman–Crippen MR) is 153 cm³/mol. The zero-order chi connectivity index (χ0) is 27.5. The number of non-ortho nitro benzene ring substituents is 1. The Morgan fingerprint density at radius 1 is 1.00 bits per heavy atom. The normalized spacial score (nSPS) is 18.6. The molecule has 1 amide bonds. The summed E-state index contributed by atoms with van der Waals surface area (Å²) in [6.45, 7) is 4.12. The van der Waals surface area contributed by atoms with Gasteiger partial charge in [0.15, 0.2) is 5.78 Å². The van der Waals surface area contributed by atoms with Crippen molar-refractivity contribution in [3.63, 3.8) is 0 Å². The molecule has 3 aromatic rings. The van der Waals surface area contributed by atoms with E-state index >= 15 is 0 Å². The van der Waals surface area contributed by atoms with E-state index in [0.29, 0.717) is 36.1 Å². The smallest absolute Gasteiger partial charge is 0.269 e. The van der Waals surface area contributed by atoms with E-state index in [-0.39, 0.29) is 23.3 Å². The molecule has 0 unspecified atom stereocenters.